The maximum atomic E-state index is 12.1. The van der Waals surface area contributed by atoms with Gasteiger partial charge in [0, 0.05) is 19.3 Å². The minimum absolute atomic E-state index is 0.373. The Morgan fingerprint density at radius 3 is 2.62 bits per heavy atom. The summed E-state index contributed by atoms with van der Waals surface area (Å²) in [6.07, 6.45) is 3.42. The van der Waals surface area contributed by atoms with Crippen LogP contribution in [0, 0.1) is 0 Å². The lowest BCUT2D eigenvalue weighted by Gasteiger charge is -2.40. The molecule has 2 aromatic rings. The van der Waals surface area contributed by atoms with Crippen LogP contribution in [0.15, 0.2) is 18.6 Å². The summed E-state index contributed by atoms with van der Waals surface area (Å²) in [5, 5.41) is 3.61. The van der Waals surface area contributed by atoms with Gasteiger partial charge in [-0.05, 0) is 39.7 Å². The van der Waals surface area contributed by atoms with Crippen molar-refractivity contribution in [1.29, 1.82) is 0 Å². The Morgan fingerprint density at radius 1 is 1.31 bits per heavy atom. The standard InChI is InChI=1S/C17H24N6O3/c1-16(2,3)26-15(25)22-17(14(18)24)5-8-23(9-6-17)13-11-4-7-19-12(11)20-10-21-13/h4,7,10H,5-6,8-9H2,1-3H3,(H2,18,24)(H,22,25)(H,19,20,21). The molecule has 0 radical (unpaired) electrons. The molecule has 0 unspecified atom stereocenters. The van der Waals surface area contributed by atoms with E-state index in [0.717, 1.165) is 16.9 Å². The van der Waals surface area contributed by atoms with Crippen molar-refractivity contribution >= 4 is 28.9 Å². The van der Waals surface area contributed by atoms with Crippen molar-refractivity contribution < 1.29 is 14.3 Å². The zero-order valence-electron chi connectivity index (χ0n) is 15.2. The summed E-state index contributed by atoms with van der Waals surface area (Å²) in [7, 11) is 0. The van der Waals surface area contributed by atoms with E-state index in [0.29, 0.717) is 25.9 Å². The van der Waals surface area contributed by atoms with E-state index in [2.05, 4.69) is 25.2 Å². The van der Waals surface area contributed by atoms with E-state index in [1.165, 1.54) is 6.33 Å². The molecular weight excluding hydrogens is 336 g/mol. The number of carbonyl (C=O) groups is 2. The van der Waals surface area contributed by atoms with Crippen molar-refractivity contribution in [3.05, 3.63) is 18.6 Å². The molecule has 0 aliphatic carbocycles. The summed E-state index contributed by atoms with van der Waals surface area (Å²) in [6, 6.07) is 1.92. The second-order valence-corrected chi connectivity index (χ2v) is 7.50. The number of amides is 2. The number of rotatable bonds is 3. The fourth-order valence-electron chi connectivity index (χ4n) is 3.14. The van der Waals surface area contributed by atoms with E-state index in [1.54, 1.807) is 20.8 Å². The largest absolute Gasteiger partial charge is 0.444 e. The molecule has 1 aliphatic rings. The minimum Gasteiger partial charge on any atom is -0.444 e. The SMILES string of the molecule is CC(C)(C)OC(=O)NC1(C(N)=O)CCN(c2ncnc3[nH]ccc23)CC1. The van der Waals surface area contributed by atoms with Crippen LogP contribution < -0.4 is 16.0 Å². The van der Waals surface area contributed by atoms with Gasteiger partial charge in [0.05, 0.1) is 5.39 Å². The lowest BCUT2D eigenvalue weighted by molar-refractivity contribution is -0.125. The number of anilines is 1. The minimum atomic E-state index is -1.12. The van der Waals surface area contributed by atoms with Gasteiger partial charge in [-0.15, -0.1) is 0 Å². The number of hydrogen-bond donors (Lipinski definition) is 3. The molecule has 0 saturated carbocycles. The predicted molar refractivity (Wildman–Crippen MR) is 96.6 cm³/mol. The summed E-state index contributed by atoms with van der Waals surface area (Å²) < 4.78 is 5.28. The first-order chi connectivity index (χ1) is 12.2. The second-order valence-electron chi connectivity index (χ2n) is 7.50. The van der Waals surface area contributed by atoms with Crippen molar-refractivity contribution in [2.24, 2.45) is 5.73 Å². The molecule has 1 aliphatic heterocycles. The van der Waals surface area contributed by atoms with Gasteiger partial charge in [-0.25, -0.2) is 14.8 Å². The maximum Gasteiger partial charge on any atom is 0.408 e. The number of primary amides is 1. The van der Waals surface area contributed by atoms with Gasteiger partial charge in [0.25, 0.3) is 0 Å². The highest BCUT2D eigenvalue weighted by atomic mass is 16.6. The normalized spacial score (nSPS) is 17.1. The van der Waals surface area contributed by atoms with E-state index < -0.39 is 23.1 Å². The molecule has 1 fully saturated rings. The summed E-state index contributed by atoms with van der Waals surface area (Å²) in [5.74, 6) is 0.240. The van der Waals surface area contributed by atoms with Crippen LogP contribution in [-0.2, 0) is 9.53 Å². The predicted octanol–water partition coefficient (Wildman–Crippen LogP) is 1.31. The van der Waals surface area contributed by atoms with Gasteiger partial charge >= 0.3 is 6.09 Å². The van der Waals surface area contributed by atoms with Crippen LogP contribution in [0.1, 0.15) is 33.6 Å². The Bertz CT molecular complexity index is 817. The highest BCUT2D eigenvalue weighted by Crippen LogP contribution is 2.29. The van der Waals surface area contributed by atoms with Crippen LogP contribution in [0.5, 0.6) is 0 Å². The first-order valence-corrected chi connectivity index (χ1v) is 8.54. The highest BCUT2D eigenvalue weighted by Gasteiger charge is 2.42. The number of fused-ring (bicyclic) bond motifs is 1. The lowest BCUT2D eigenvalue weighted by atomic mass is 9.86. The van der Waals surface area contributed by atoms with Crippen LogP contribution in [0.3, 0.4) is 0 Å². The zero-order chi connectivity index (χ0) is 18.9. The number of nitrogens with one attached hydrogen (secondary N) is 2. The zero-order valence-corrected chi connectivity index (χ0v) is 15.2. The van der Waals surface area contributed by atoms with E-state index >= 15 is 0 Å². The first kappa shape index (κ1) is 18.0. The molecule has 140 valence electrons. The van der Waals surface area contributed by atoms with Crippen molar-refractivity contribution in [2.75, 3.05) is 18.0 Å². The smallest absolute Gasteiger partial charge is 0.408 e. The average molecular weight is 360 g/mol. The third-order valence-corrected chi connectivity index (χ3v) is 4.46. The molecule has 0 spiro atoms. The summed E-state index contributed by atoms with van der Waals surface area (Å²) in [6.45, 7) is 6.35. The molecule has 0 atom stereocenters. The van der Waals surface area contributed by atoms with Crippen molar-refractivity contribution in [2.45, 2.75) is 44.8 Å². The number of H-pyrrole nitrogens is 1. The van der Waals surface area contributed by atoms with E-state index in [-0.39, 0.29) is 0 Å². The number of hydrogen-bond acceptors (Lipinski definition) is 6. The summed E-state index contributed by atoms with van der Waals surface area (Å²) in [5.41, 5.74) is 4.60. The van der Waals surface area contributed by atoms with Crippen molar-refractivity contribution in [3.8, 4) is 0 Å². The Morgan fingerprint density at radius 2 is 2.00 bits per heavy atom. The number of nitrogens with zero attached hydrogens (tertiary/aromatic N) is 3. The van der Waals surface area contributed by atoms with Crippen molar-refractivity contribution in [1.82, 2.24) is 20.3 Å². The van der Waals surface area contributed by atoms with Gasteiger partial charge < -0.3 is 25.7 Å². The molecule has 0 bridgehead atoms. The Labute approximate surface area is 151 Å². The molecule has 3 rings (SSSR count). The number of carbonyl (C=O) groups excluding carboxylic acids is 2. The van der Waals surface area contributed by atoms with Gasteiger partial charge in [-0.1, -0.05) is 0 Å². The van der Waals surface area contributed by atoms with Gasteiger partial charge in [0.1, 0.15) is 28.9 Å². The Kier molecular flexibility index (Phi) is 4.47. The highest BCUT2D eigenvalue weighted by molar-refractivity contribution is 5.90. The fourth-order valence-corrected chi connectivity index (χ4v) is 3.14. The molecular formula is C17H24N6O3. The third-order valence-electron chi connectivity index (χ3n) is 4.46. The number of ether oxygens (including phenoxy) is 1. The molecule has 9 heteroatoms. The maximum absolute atomic E-state index is 12.1. The molecule has 26 heavy (non-hydrogen) atoms. The van der Waals surface area contributed by atoms with Gasteiger partial charge in [-0.3, -0.25) is 4.79 Å². The average Bonchev–Trinajstić information content (AvgIpc) is 3.02. The molecule has 3 heterocycles. The molecule has 0 aromatic carbocycles. The third kappa shape index (κ3) is 3.56. The van der Waals surface area contributed by atoms with Crippen LogP contribution in [0.2, 0.25) is 0 Å². The van der Waals surface area contributed by atoms with Crippen LogP contribution >= 0.6 is 0 Å². The van der Waals surface area contributed by atoms with Gasteiger partial charge in [-0.2, -0.15) is 0 Å². The number of piperidine rings is 1. The molecule has 1 saturated heterocycles. The molecule has 2 amide bonds. The fraction of sp³-hybridized carbons (Fsp3) is 0.529. The number of aromatic nitrogens is 3. The van der Waals surface area contributed by atoms with E-state index in [4.69, 9.17) is 10.5 Å². The molecule has 4 N–H and O–H groups in total. The Hall–Kier alpha value is -2.84. The van der Waals surface area contributed by atoms with Crippen molar-refractivity contribution in [3.63, 3.8) is 0 Å². The van der Waals surface area contributed by atoms with Gasteiger partial charge in [0.15, 0.2) is 0 Å². The number of nitrogens with two attached hydrogens (primary N) is 1. The monoisotopic (exact) mass is 360 g/mol. The molecule has 9 nitrogen and oxygen atoms in total. The van der Waals surface area contributed by atoms with Crippen LogP contribution in [0.4, 0.5) is 10.6 Å². The number of alkyl carbamates (subject to hydrolysis) is 1. The van der Waals surface area contributed by atoms with E-state index in [9.17, 15) is 9.59 Å². The molecule has 2 aromatic heterocycles. The lowest BCUT2D eigenvalue weighted by Crippen LogP contribution is -2.63. The van der Waals surface area contributed by atoms with Gasteiger partial charge in [0.2, 0.25) is 5.91 Å². The van der Waals surface area contributed by atoms with Crippen LogP contribution in [0.25, 0.3) is 11.0 Å². The second kappa shape index (κ2) is 6.47. The van der Waals surface area contributed by atoms with E-state index in [1.807, 2.05) is 12.3 Å². The summed E-state index contributed by atoms with van der Waals surface area (Å²) >= 11 is 0. The Balaban J connectivity index is 1.74. The topological polar surface area (TPSA) is 126 Å². The quantitative estimate of drug-likeness (QED) is 0.757. The van der Waals surface area contributed by atoms with Crippen LogP contribution in [-0.4, -0.2) is 51.2 Å². The number of aromatic amines is 1. The first-order valence-electron chi connectivity index (χ1n) is 8.54. The summed E-state index contributed by atoms with van der Waals surface area (Å²) in [4.78, 5) is 37.9.